The topological polar surface area (TPSA) is 171 Å². The molecule has 5 N–H and O–H groups in total. The number of methoxy groups -OCH3 is 2. The second-order valence-electron chi connectivity index (χ2n) is 12.4. The van der Waals surface area contributed by atoms with Crippen molar-refractivity contribution in [2.45, 2.75) is 91.7 Å². The smallest absolute Gasteiger partial charge is 0.223 e. The van der Waals surface area contributed by atoms with Gasteiger partial charge in [0.2, 0.25) is 11.8 Å². The largest absolute Gasteiger partial charge is 0.595 e. The van der Waals surface area contributed by atoms with Crippen molar-refractivity contribution in [2.75, 3.05) is 33.9 Å². The number of aliphatic imine (C=N–C) groups is 1. The van der Waals surface area contributed by atoms with Gasteiger partial charge >= 0.3 is 0 Å². The number of rotatable bonds is 18. The van der Waals surface area contributed by atoms with Crippen LogP contribution >= 0.6 is 0 Å². The summed E-state index contributed by atoms with van der Waals surface area (Å²) in [6.07, 6.45) is 4.44. The molecule has 2 unspecified atom stereocenters. The van der Waals surface area contributed by atoms with Crippen molar-refractivity contribution in [3.63, 3.8) is 0 Å². The Morgan fingerprint density at radius 1 is 0.915 bits per heavy atom. The van der Waals surface area contributed by atoms with E-state index in [-0.39, 0.29) is 23.7 Å². The fourth-order valence-electron chi connectivity index (χ4n) is 4.50. The number of nitrogens with two attached hydrogens (primary N) is 2. The quantitative estimate of drug-likeness (QED) is 0.116. The van der Waals surface area contributed by atoms with Crippen molar-refractivity contribution in [1.29, 1.82) is 0 Å². The molecule has 0 bridgehead atoms. The summed E-state index contributed by atoms with van der Waals surface area (Å²) in [4.78, 5) is 27.6. The van der Waals surface area contributed by atoms with Crippen LogP contribution in [0.4, 0.5) is 0 Å². The van der Waals surface area contributed by atoms with E-state index in [9.17, 15) is 14.7 Å². The minimum absolute atomic E-state index is 0.00606. The van der Waals surface area contributed by atoms with Crippen LogP contribution in [0, 0.1) is 11.8 Å². The lowest BCUT2D eigenvalue weighted by atomic mass is 9.95. The van der Waals surface area contributed by atoms with Crippen molar-refractivity contribution >= 4 is 17.9 Å². The maximum absolute atomic E-state index is 13.2. The van der Waals surface area contributed by atoms with Crippen LogP contribution in [0.1, 0.15) is 97.2 Å². The molecular weight excluding hydrogens is 600 g/mol. The predicted octanol–water partition coefficient (Wildman–Crippen LogP) is 4.88. The highest BCUT2D eigenvalue weighted by Crippen LogP contribution is 2.34. The van der Waals surface area contributed by atoms with E-state index < -0.39 is 17.7 Å². The first-order valence-electron chi connectivity index (χ1n) is 16.4. The molecule has 0 saturated carbocycles. The summed E-state index contributed by atoms with van der Waals surface area (Å²) in [6, 6.07) is 12.8. The lowest BCUT2D eigenvalue weighted by Gasteiger charge is -2.29. The Labute approximate surface area is 281 Å². The van der Waals surface area contributed by atoms with Gasteiger partial charge in [-0.05, 0) is 69.0 Å². The highest BCUT2D eigenvalue weighted by atomic mass is 16.6. The van der Waals surface area contributed by atoms with Crippen molar-refractivity contribution in [2.24, 2.45) is 28.3 Å². The third-order valence-corrected chi connectivity index (χ3v) is 7.27. The van der Waals surface area contributed by atoms with Gasteiger partial charge in [0.1, 0.15) is 23.3 Å². The van der Waals surface area contributed by atoms with E-state index in [0.717, 1.165) is 42.6 Å². The predicted molar refractivity (Wildman–Crippen MR) is 185 cm³/mol. The van der Waals surface area contributed by atoms with Crippen molar-refractivity contribution in [1.82, 2.24) is 5.32 Å². The summed E-state index contributed by atoms with van der Waals surface area (Å²) in [6.45, 7) is 12.8. The molecule has 0 spiro atoms. The van der Waals surface area contributed by atoms with Crippen molar-refractivity contribution in [3.8, 4) is 17.2 Å². The molecule has 2 amide bonds. The van der Waals surface area contributed by atoms with E-state index in [1.807, 2.05) is 77.9 Å². The summed E-state index contributed by atoms with van der Waals surface area (Å²) in [7, 11) is 3.20. The summed E-state index contributed by atoms with van der Waals surface area (Å²) in [5.41, 5.74) is 11.5. The second-order valence-corrected chi connectivity index (χ2v) is 12.4. The number of primary amides is 1. The van der Waals surface area contributed by atoms with Gasteiger partial charge in [0.15, 0.2) is 0 Å². The van der Waals surface area contributed by atoms with Crippen LogP contribution in [0.2, 0.25) is 0 Å². The molecule has 2 aromatic rings. The SMILES string of the molecule is CCOc1ccc(C(NC(=O)C(C)CCCCN=C([O-])OC(C)(C)C)c2ccc(OC)cc2OC)cc1.C[C@@H](CCCCN)C(N)=O. The van der Waals surface area contributed by atoms with Crippen LogP contribution in [0.15, 0.2) is 47.5 Å². The molecule has 0 aromatic heterocycles. The molecule has 2 rings (SSSR count). The fraction of sp³-hybridized carbons (Fsp3) is 0.583. The molecule has 0 saturated heterocycles. The van der Waals surface area contributed by atoms with Gasteiger partial charge in [-0.25, -0.2) is 0 Å². The Morgan fingerprint density at radius 3 is 2.09 bits per heavy atom. The van der Waals surface area contributed by atoms with E-state index in [4.69, 9.17) is 30.4 Å². The molecule has 11 heteroatoms. The number of amides is 2. The van der Waals surface area contributed by atoms with Crippen LogP contribution in [0.5, 0.6) is 17.2 Å². The number of benzene rings is 2. The third-order valence-electron chi connectivity index (χ3n) is 7.27. The maximum atomic E-state index is 13.2. The summed E-state index contributed by atoms with van der Waals surface area (Å²) in [5.74, 6) is 1.56. The number of nitrogens with one attached hydrogen (secondary N) is 1. The Balaban J connectivity index is 0.000000950. The van der Waals surface area contributed by atoms with Crippen LogP contribution < -0.4 is 36.1 Å². The summed E-state index contributed by atoms with van der Waals surface area (Å²) < 4.78 is 21.7. The van der Waals surface area contributed by atoms with E-state index >= 15 is 0 Å². The number of carbonyl (C=O) groups excluding carboxylic acids is 2. The molecule has 0 aliphatic carbocycles. The van der Waals surface area contributed by atoms with Crippen molar-refractivity contribution < 1.29 is 33.6 Å². The lowest BCUT2D eigenvalue weighted by Crippen LogP contribution is -2.33. The zero-order valence-corrected chi connectivity index (χ0v) is 29.6. The molecule has 2 aromatic carbocycles. The van der Waals surface area contributed by atoms with Crippen molar-refractivity contribution in [3.05, 3.63) is 53.6 Å². The second kappa shape index (κ2) is 21.7. The first kappa shape index (κ1) is 41.0. The third kappa shape index (κ3) is 16.4. The van der Waals surface area contributed by atoms with E-state index in [2.05, 4.69) is 10.3 Å². The molecule has 0 aliphatic rings. The minimum atomic E-state index is -0.556. The normalized spacial score (nSPS) is 13.3. The van der Waals surface area contributed by atoms with Crippen LogP contribution in [-0.2, 0) is 14.3 Å². The minimum Gasteiger partial charge on any atom is -0.595 e. The maximum Gasteiger partial charge on any atom is 0.223 e. The first-order valence-corrected chi connectivity index (χ1v) is 16.4. The molecule has 264 valence electrons. The Hall–Kier alpha value is -3.99. The van der Waals surface area contributed by atoms with Gasteiger partial charge < -0.3 is 40.8 Å². The molecule has 47 heavy (non-hydrogen) atoms. The summed E-state index contributed by atoms with van der Waals surface area (Å²) in [5, 5.41) is 14.9. The molecule has 0 aliphatic heterocycles. The molecular formula is C36H57N4O7-. The summed E-state index contributed by atoms with van der Waals surface area (Å²) >= 11 is 0. The van der Waals surface area contributed by atoms with E-state index in [1.165, 1.54) is 0 Å². The number of ether oxygens (including phenoxy) is 4. The highest BCUT2D eigenvalue weighted by molar-refractivity contribution is 5.79. The number of nitrogens with zero attached hydrogens (tertiary/aromatic N) is 1. The van der Waals surface area contributed by atoms with Gasteiger partial charge in [0, 0.05) is 35.6 Å². The number of carbonyl (C=O) groups is 2. The van der Waals surface area contributed by atoms with Gasteiger partial charge in [-0.3, -0.25) is 14.6 Å². The molecule has 0 fully saturated rings. The highest BCUT2D eigenvalue weighted by Gasteiger charge is 2.24. The number of unbranched alkanes of at least 4 members (excludes halogenated alkanes) is 2. The Bertz CT molecular complexity index is 1230. The van der Waals surface area contributed by atoms with Gasteiger partial charge in [-0.2, -0.15) is 0 Å². The van der Waals surface area contributed by atoms with Crippen LogP contribution in [-0.4, -0.2) is 57.4 Å². The van der Waals surface area contributed by atoms with Crippen LogP contribution in [0.3, 0.4) is 0 Å². The molecule has 0 heterocycles. The first-order chi connectivity index (χ1) is 22.3. The average molecular weight is 658 g/mol. The molecule has 11 nitrogen and oxygen atoms in total. The van der Waals surface area contributed by atoms with Crippen LogP contribution in [0.25, 0.3) is 0 Å². The standard InChI is InChI=1S/C29H42N2O6.C7H16N2O/c1-8-36-22-14-12-21(13-15-22)26(24-17-16-23(34-6)19-25(24)35-7)31-27(32)20(2)11-9-10-18-30-28(33)37-29(3,4)5;1-6(7(9)10)4-2-3-5-8/h12-17,19-20,26H,8-11,18H2,1-7H3,(H,30,33)(H,31,32);6H,2-5,8H2,1H3,(H2,9,10)/p-1/t;6-/m.0/s1. The Kier molecular flexibility index (Phi) is 19.0. The zero-order chi connectivity index (χ0) is 35.4. The number of hydrogen-bond acceptors (Lipinski definition) is 9. The van der Waals surface area contributed by atoms with Gasteiger partial charge in [-0.1, -0.05) is 59.6 Å². The van der Waals surface area contributed by atoms with E-state index in [0.29, 0.717) is 44.0 Å². The van der Waals surface area contributed by atoms with E-state index in [1.54, 1.807) is 20.3 Å². The lowest BCUT2D eigenvalue weighted by molar-refractivity contribution is -0.260. The number of hydrogen-bond donors (Lipinski definition) is 3. The Morgan fingerprint density at radius 2 is 1.53 bits per heavy atom. The fourth-order valence-corrected chi connectivity index (χ4v) is 4.50. The van der Waals surface area contributed by atoms with Gasteiger partial charge in [-0.15, -0.1) is 0 Å². The van der Waals surface area contributed by atoms with Gasteiger partial charge in [0.05, 0.1) is 26.9 Å². The van der Waals surface area contributed by atoms with Gasteiger partial charge in [0.25, 0.3) is 0 Å². The zero-order valence-electron chi connectivity index (χ0n) is 29.6. The monoisotopic (exact) mass is 657 g/mol. The molecule has 3 atom stereocenters. The average Bonchev–Trinajstić information content (AvgIpc) is 3.03. The molecule has 0 radical (unpaired) electrons.